The first-order chi connectivity index (χ1) is 6.74. The van der Waals surface area contributed by atoms with E-state index in [4.69, 9.17) is 5.73 Å². The molecule has 0 aromatic carbocycles. The predicted octanol–water partition coefficient (Wildman–Crippen LogP) is 1.89. The Balaban J connectivity index is 2.50. The van der Waals surface area contributed by atoms with Crippen molar-refractivity contribution in [1.29, 1.82) is 0 Å². The Bertz CT molecular complexity index is 218. The van der Waals surface area contributed by atoms with Gasteiger partial charge in [0.15, 0.2) is 0 Å². The van der Waals surface area contributed by atoms with E-state index in [-0.39, 0.29) is 17.3 Å². The number of thioether (sulfide) groups is 1. The quantitative estimate of drug-likeness (QED) is 0.655. The number of amides is 1. The summed E-state index contributed by atoms with van der Waals surface area (Å²) in [4.78, 5) is 11.2. The smallest absolute Gasteiger partial charge is 0.279 e. The first kappa shape index (κ1) is 11.6. The molecule has 0 saturated carbocycles. The SMILES string of the molecule is CSC(=O)N[C@@H]1CCCC/C=C/[C@H]1N. The molecule has 0 unspecified atom stereocenters. The third-order valence-corrected chi connectivity index (χ3v) is 2.94. The fraction of sp³-hybridized carbons (Fsp3) is 0.700. The van der Waals surface area contributed by atoms with Crippen molar-refractivity contribution in [2.45, 2.75) is 37.8 Å². The lowest BCUT2D eigenvalue weighted by molar-refractivity contribution is 0.255. The Labute approximate surface area is 89.5 Å². The molecule has 0 heterocycles. The lowest BCUT2D eigenvalue weighted by Crippen LogP contribution is -2.45. The third kappa shape index (κ3) is 3.72. The molecule has 1 amide bonds. The minimum atomic E-state index is -0.0357. The maximum atomic E-state index is 11.2. The monoisotopic (exact) mass is 214 g/mol. The van der Waals surface area contributed by atoms with E-state index in [0.29, 0.717) is 0 Å². The van der Waals surface area contributed by atoms with Gasteiger partial charge in [-0.25, -0.2) is 0 Å². The molecule has 0 bridgehead atoms. The second-order valence-corrected chi connectivity index (χ2v) is 4.31. The highest BCUT2D eigenvalue weighted by molar-refractivity contribution is 8.12. The van der Waals surface area contributed by atoms with E-state index in [0.717, 1.165) is 19.3 Å². The maximum Gasteiger partial charge on any atom is 0.279 e. The summed E-state index contributed by atoms with van der Waals surface area (Å²) in [5.41, 5.74) is 5.94. The number of nitrogens with two attached hydrogens (primary N) is 1. The van der Waals surface area contributed by atoms with E-state index in [1.54, 1.807) is 6.26 Å². The van der Waals surface area contributed by atoms with Gasteiger partial charge in [0.25, 0.3) is 5.24 Å². The van der Waals surface area contributed by atoms with Crippen LogP contribution < -0.4 is 11.1 Å². The third-order valence-electron chi connectivity index (χ3n) is 2.45. The number of allylic oxidation sites excluding steroid dienone is 1. The summed E-state index contributed by atoms with van der Waals surface area (Å²) in [5.74, 6) is 0. The van der Waals surface area contributed by atoms with Crippen molar-refractivity contribution in [3.8, 4) is 0 Å². The van der Waals surface area contributed by atoms with Crippen LogP contribution in [0.15, 0.2) is 12.2 Å². The van der Waals surface area contributed by atoms with Gasteiger partial charge in [-0.3, -0.25) is 4.79 Å². The van der Waals surface area contributed by atoms with E-state index in [1.165, 1.54) is 18.2 Å². The van der Waals surface area contributed by atoms with Crippen LogP contribution in [0.3, 0.4) is 0 Å². The fourth-order valence-electron chi connectivity index (χ4n) is 1.59. The van der Waals surface area contributed by atoms with Crippen molar-refractivity contribution in [1.82, 2.24) is 5.32 Å². The summed E-state index contributed by atoms with van der Waals surface area (Å²) in [5, 5.41) is 2.95. The van der Waals surface area contributed by atoms with Crippen molar-refractivity contribution >= 4 is 17.0 Å². The average Bonchev–Trinajstić information content (AvgIpc) is 2.17. The topological polar surface area (TPSA) is 55.1 Å². The minimum Gasteiger partial charge on any atom is -0.342 e. The molecule has 0 aliphatic heterocycles. The molecule has 1 rings (SSSR count). The molecule has 0 radical (unpaired) electrons. The van der Waals surface area contributed by atoms with Gasteiger partial charge in [-0.05, 0) is 25.5 Å². The molecular formula is C10H18N2OS. The zero-order valence-electron chi connectivity index (χ0n) is 8.53. The number of carbonyl (C=O) groups excluding carboxylic acids is 1. The van der Waals surface area contributed by atoms with Crippen LogP contribution in [-0.2, 0) is 0 Å². The van der Waals surface area contributed by atoms with Crippen LogP contribution in [0.25, 0.3) is 0 Å². The molecule has 0 fully saturated rings. The number of hydrogen-bond acceptors (Lipinski definition) is 3. The first-order valence-electron chi connectivity index (χ1n) is 5.01. The molecule has 0 aromatic heterocycles. The molecule has 4 heteroatoms. The van der Waals surface area contributed by atoms with E-state index >= 15 is 0 Å². The van der Waals surface area contributed by atoms with Crippen molar-refractivity contribution < 1.29 is 4.79 Å². The highest BCUT2D eigenvalue weighted by Crippen LogP contribution is 2.12. The van der Waals surface area contributed by atoms with E-state index in [9.17, 15) is 4.79 Å². The standard InChI is InChI=1S/C10H18N2OS/c1-14-10(13)12-9-7-5-3-2-4-6-8(9)11/h4,6,8-9H,2-3,5,7,11H2,1H3,(H,12,13)/b6-4+/t8-,9-/m1/s1. The van der Waals surface area contributed by atoms with Crippen molar-refractivity contribution in [3.63, 3.8) is 0 Å². The van der Waals surface area contributed by atoms with Gasteiger partial charge in [-0.15, -0.1) is 0 Å². The van der Waals surface area contributed by atoms with Crippen molar-refractivity contribution in [2.24, 2.45) is 5.73 Å². The Hall–Kier alpha value is -0.480. The molecule has 80 valence electrons. The summed E-state index contributed by atoms with van der Waals surface area (Å²) in [6.45, 7) is 0. The second kappa shape index (κ2) is 6.09. The summed E-state index contributed by atoms with van der Waals surface area (Å²) in [6.07, 6.45) is 10.3. The van der Waals surface area contributed by atoms with Crippen LogP contribution >= 0.6 is 11.8 Å². The van der Waals surface area contributed by atoms with Gasteiger partial charge in [0, 0.05) is 12.1 Å². The Morgan fingerprint density at radius 1 is 1.57 bits per heavy atom. The minimum absolute atomic E-state index is 0.0134. The van der Waals surface area contributed by atoms with Gasteiger partial charge in [0.2, 0.25) is 0 Å². The largest absolute Gasteiger partial charge is 0.342 e. The van der Waals surface area contributed by atoms with Gasteiger partial charge in [0.1, 0.15) is 0 Å². The van der Waals surface area contributed by atoms with Gasteiger partial charge in [-0.1, -0.05) is 30.3 Å². The molecule has 1 aliphatic rings. The fourth-order valence-corrected chi connectivity index (χ4v) is 1.85. The number of nitrogens with one attached hydrogen (secondary N) is 1. The summed E-state index contributed by atoms with van der Waals surface area (Å²) < 4.78 is 0. The Morgan fingerprint density at radius 2 is 2.36 bits per heavy atom. The van der Waals surface area contributed by atoms with Crippen molar-refractivity contribution in [2.75, 3.05) is 6.26 Å². The number of rotatable bonds is 1. The van der Waals surface area contributed by atoms with Gasteiger partial charge in [-0.2, -0.15) is 0 Å². The molecule has 0 saturated heterocycles. The van der Waals surface area contributed by atoms with Crippen molar-refractivity contribution in [3.05, 3.63) is 12.2 Å². The van der Waals surface area contributed by atoms with E-state index in [2.05, 4.69) is 11.4 Å². The molecular weight excluding hydrogens is 196 g/mol. The van der Waals surface area contributed by atoms with Gasteiger partial charge >= 0.3 is 0 Å². The summed E-state index contributed by atoms with van der Waals surface area (Å²) in [7, 11) is 0. The van der Waals surface area contributed by atoms with E-state index < -0.39 is 0 Å². The number of hydrogen-bond donors (Lipinski definition) is 2. The first-order valence-corrected chi connectivity index (χ1v) is 6.23. The van der Waals surface area contributed by atoms with Gasteiger partial charge in [0.05, 0.1) is 0 Å². The highest BCUT2D eigenvalue weighted by Gasteiger charge is 2.18. The molecule has 3 N–H and O–H groups in total. The van der Waals surface area contributed by atoms with Crippen LogP contribution in [-0.4, -0.2) is 23.6 Å². The zero-order valence-corrected chi connectivity index (χ0v) is 9.35. The van der Waals surface area contributed by atoms with Gasteiger partial charge < -0.3 is 11.1 Å². The second-order valence-electron chi connectivity index (χ2n) is 3.53. The molecule has 1 aliphatic carbocycles. The lowest BCUT2D eigenvalue weighted by Gasteiger charge is -2.23. The predicted molar refractivity (Wildman–Crippen MR) is 61.4 cm³/mol. The maximum absolute atomic E-state index is 11.2. The average molecular weight is 214 g/mol. The molecule has 0 spiro atoms. The number of carbonyl (C=O) groups is 1. The van der Waals surface area contributed by atoms with Crippen LogP contribution in [0, 0.1) is 0 Å². The highest BCUT2D eigenvalue weighted by atomic mass is 32.2. The molecule has 14 heavy (non-hydrogen) atoms. The zero-order chi connectivity index (χ0) is 10.4. The Morgan fingerprint density at radius 3 is 3.07 bits per heavy atom. The molecule has 3 nitrogen and oxygen atoms in total. The molecule has 0 aromatic rings. The van der Waals surface area contributed by atoms with Crippen LogP contribution in [0.1, 0.15) is 25.7 Å². The molecule has 2 atom stereocenters. The summed E-state index contributed by atoms with van der Waals surface area (Å²) >= 11 is 1.20. The Kier molecular flexibility index (Phi) is 5.04. The normalized spacial score (nSPS) is 30.1. The van der Waals surface area contributed by atoms with Crippen LogP contribution in [0.5, 0.6) is 0 Å². The van der Waals surface area contributed by atoms with Crippen LogP contribution in [0.4, 0.5) is 4.79 Å². The van der Waals surface area contributed by atoms with Crippen LogP contribution in [0.2, 0.25) is 0 Å². The van der Waals surface area contributed by atoms with E-state index in [1.807, 2.05) is 6.08 Å². The lowest BCUT2D eigenvalue weighted by atomic mass is 9.98. The summed E-state index contributed by atoms with van der Waals surface area (Å²) in [6, 6.07) is 0.0675.